The van der Waals surface area contributed by atoms with E-state index in [-0.39, 0.29) is 5.56 Å². The molecular formula is C11H11F4NO2. The van der Waals surface area contributed by atoms with Gasteiger partial charge in [0.05, 0.1) is 5.56 Å². The lowest BCUT2D eigenvalue weighted by atomic mass is 10.1. The number of nitrogens with one attached hydrogen (secondary N) is 1. The van der Waals surface area contributed by atoms with Crippen LogP contribution in [0.25, 0.3) is 0 Å². The van der Waals surface area contributed by atoms with Crippen molar-refractivity contribution in [1.82, 2.24) is 5.32 Å². The van der Waals surface area contributed by atoms with Crippen LogP contribution in [0.5, 0.6) is 0 Å². The molecule has 1 aromatic rings. The number of carbonyl (C=O) groups is 1. The molecule has 0 aliphatic heterocycles. The summed E-state index contributed by atoms with van der Waals surface area (Å²) in [6.45, 7) is 0.617. The lowest BCUT2D eigenvalue weighted by Crippen LogP contribution is -2.36. The second-order valence-electron chi connectivity index (χ2n) is 3.69. The zero-order valence-corrected chi connectivity index (χ0v) is 9.38. The molecule has 0 aliphatic rings. The number of aryl methyl sites for hydroxylation is 1. The van der Waals surface area contributed by atoms with Crippen molar-refractivity contribution >= 4 is 5.91 Å². The van der Waals surface area contributed by atoms with Crippen molar-refractivity contribution in [2.45, 2.75) is 19.5 Å². The zero-order valence-electron chi connectivity index (χ0n) is 9.38. The molecule has 0 fully saturated rings. The van der Waals surface area contributed by atoms with Crippen LogP contribution in [0.2, 0.25) is 0 Å². The maximum Gasteiger partial charge on any atom is 0.265 e. The van der Waals surface area contributed by atoms with Gasteiger partial charge in [-0.25, -0.2) is 17.6 Å². The van der Waals surface area contributed by atoms with Crippen molar-refractivity contribution in [3.05, 3.63) is 34.9 Å². The Morgan fingerprint density at radius 2 is 1.94 bits per heavy atom. The van der Waals surface area contributed by atoms with Gasteiger partial charge in [0.25, 0.3) is 12.3 Å². The third-order valence-electron chi connectivity index (χ3n) is 2.26. The van der Waals surface area contributed by atoms with Crippen molar-refractivity contribution in [2.75, 3.05) is 6.54 Å². The van der Waals surface area contributed by atoms with Crippen LogP contribution in [0.3, 0.4) is 0 Å². The highest BCUT2D eigenvalue weighted by atomic mass is 19.3. The summed E-state index contributed by atoms with van der Waals surface area (Å²) in [5.41, 5.74) is -0.411. The number of rotatable bonds is 4. The minimum absolute atomic E-state index is 0.0518. The van der Waals surface area contributed by atoms with E-state index in [0.29, 0.717) is 6.07 Å². The molecule has 0 saturated carbocycles. The summed E-state index contributed by atoms with van der Waals surface area (Å²) in [7, 11) is 0. The van der Waals surface area contributed by atoms with Crippen molar-refractivity contribution in [2.24, 2.45) is 0 Å². The van der Waals surface area contributed by atoms with Crippen LogP contribution in [0.4, 0.5) is 17.6 Å². The van der Waals surface area contributed by atoms with E-state index in [4.69, 9.17) is 5.11 Å². The molecule has 7 heteroatoms. The molecule has 0 saturated heterocycles. The monoisotopic (exact) mass is 265 g/mol. The maximum absolute atomic E-state index is 13.3. The van der Waals surface area contributed by atoms with Gasteiger partial charge in [0.2, 0.25) is 0 Å². The Bertz CT molecular complexity index is 451. The van der Waals surface area contributed by atoms with Crippen LogP contribution in [0, 0.1) is 18.6 Å². The lowest BCUT2D eigenvalue weighted by Gasteiger charge is -2.11. The van der Waals surface area contributed by atoms with Crippen LogP contribution < -0.4 is 5.32 Å². The van der Waals surface area contributed by atoms with Crippen LogP contribution >= 0.6 is 0 Å². The van der Waals surface area contributed by atoms with Crippen molar-refractivity contribution in [3.8, 4) is 0 Å². The molecule has 0 aromatic heterocycles. The normalized spacial score (nSPS) is 12.6. The molecule has 1 rings (SSSR count). The van der Waals surface area contributed by atoms with E-state index in [0.717, 1.165) is 6.07 Å². The summed E-state index contributed by atoms with van der Waals surface area (Å²) in [5, 5.41) is 10.7. The fourth-order valence-electron chi connectivity index (χ4n) is 1.21. The van der Waals surface area contributed by atoms with Gasteiger partial charge in [0.1, 0.15) is 17.7 Å². The molecule has 0 heterocycles. The molecular weight excluding hydrogens is 254 g/mol. The third kappa shape index (κ3) is 3.43. The predicted octanol–water partition coefficient (Wildman–Crippen LogP) is 1.63. The summed E-state index contributed by atoms with van der Waals surface area (Å²) in [6.07, 6.45) is -5.04. The number of hydrogen-bond acceptors (Lipinski definition) is 2. The van der Waals surface area contributed by atoms with Gasteiger partial charge in [0.15, 0.2) is 0 Å². The van der Waals surface area contributed by atoms with Crippen molar-refractivity contribution in [1.29, 1.82) is 0 Å². The number of carbonyl (C=O) groups excluding carboxylic acids is 1. The number of aliphatic hydroxyl groups is 1. The zero-order chi connectivity index (χ0) is 13.9. The fraction of sp³-hybridized carbons (Fsp3) is 0.364. The number of halogens is 4. The molecule has 1 atom stereocenters. The second kappa shape index (κ2) is 5.81. The number of hydrogen-bond donors (Lipinski definition) is 2. The first-order valence-electron chi connectivity index (χ1n) is 5.03. The van der Waals surface area contributed by atoms with E-state index < -0.39 is 42.2 Å². The lowest BCUT2D eigenvalue weighted by molar-refractivity contribution is -0.00272. The van der Waals surface area contributed by atoms with E-state index in [1.165, 1.54) is 6.92 Å². The van der Waals surface area contributed by atoms with Gasteiger partial charge in [-0.05, 0) is 18.6 Å². The maximum atomic E-state index is 13.3. The third-order valence-corrected chi connectivity index (χ3v) is 2.26. The molecule has 3 nitrogen and oxygen atoms in total. The van der Waals surface area contributed by atoms with E-state index in [1.807, 2.05) is 5.32 Å². The van der Waals surface area contributed by atoms with Crippen molar-refractivity contribution in [3.63, 3.8) is 0 Å². The standard InChI is InChI=1S/C11H11F4NO2/c1-5-2-6(8(13)3-7(5)12)11(18)16-4-9(17)10(14)15/h2-3,9-10,17H,4H2,1H3,(H,16,18). The summed E-state index contributed by atoms with van der Waals surface area (Å²) >= 11 is 0. The van der Waals surface area contributed by atoms with Gasteiger partial charge in [-0.15, -0.1) is 0 Å². The average Bonchev–Trinajstić information content (AvgIpc) is 2.30. The quantitative estimate of drug-likeness (QED) is 0.813. The molecule has 2 N–H and O–H groups in total. The highest BCUT2D eigenvalue weighted by molar-refractivity contribution is 5.94. The topological polar surface area (TPSA) is 49.3 Å². The highest BCUT2D eigenvalue weighted by Crippen LogP contribution is 2.14. The molecule has 18 heavy (non-hydrogen) atoms. The first kappa shape index (κ1) is 14.4. The van der Waals surface area contributed by atoms with Crippen LogP contribution in [0.15, 0.2) is 12.1 Å². The minimum atomic E-state index is -3.01. The Morgan fingerprint density at radius 3 is 2.50 bits per heavy atom. The average molecular weight is 265 g/mol. The Hall–Kier alpha value is -1.63. The predicted molar refractivity (Wildman–Crippen MR) is 55.4 cm³/mol. The molecule has 1 unspecified atom stereocenters. The van der Waals surface area contributed by atoms with E-state index in [1.54, 1.807) is 0 Å². The van der Waals surface area contributed by atoms with Crippen LogP contribution in [-0.2, 0) is 0 Å². The summed E-state index contributed by atoms with van der Waals surface area (Å²) in [5.74, 6) is -2.89. The van der Waals surface area contributed by atoms with E-state index >= 15 is 0 Å². The molecule has 1 amide bonds. The number of benzene rings is 1. The second-order valence-corrected chi connectivity index (χ2v) is 3.69. The van der Waals surface area contributed by atoms with E-state index in [2.05, 4.69) is 0 Å². The van der Waals surface area contributed by atoms with Gasteiger partial charge in [-0.2, -0.15) is 0 Å². The van der Waals surface area contributed by atoms with Gasteiger partial charge >= 0.3 is 0 Å². The first-order chi connectivity index (χ1) is 8.32. The molecule has 0 radical (unpaired) electrons. The minimum Gasteiger partial charge on any atom is -0.385 e. The Morgan fingerprint density at radius 1 is 1.33 bits per heavy atom. The van der Waals surface area contributed by atoms with Crippen molar-refractivity contribution < 1.29 is 27.5 Å². The van der Waals surface area contributed by atoms with E-state index in [9.17, 15) is 22.4 Å². The van der Waals surface area contributed by atoms with Gasteiger partial charge in [0, 0.05) is 12.6 Å². The molecule has 100 valence electrons. The van der Waals surface area contributed by atoms with Gasteiger partial charge < -0.3 is 10.4 Å². The van der Waals surface area contributed by atoms with Crippen LogP contribution in [0.1, 0.15) is 15.9 Å². The Balaban J connectivity index is 2.76. The Kier molecular flexibility index (Phi) is 4.66. The molecule has 0 aliphatic carbocycles. The van der Waals surface area contributed by atoms with Crippen LogP contribution in [-0.4, -0.2) is 30.1 Å². The summed E-state index contributed by atoms with van der Waals surface area (Å²) in [6, 6.07) is 1.50. The summed E-state index contributed by atoms with van der Waals surface area (Å²) < 4.78 is 50.1. The molecule has 0 spiro atoms. The highest BCUT2D eigenvalue weighted by Gasteiger charge is 2.19. The number of amides is 1. The number of aliphatic hydroxyl groups excluding tert-OH is 1. The largest absolute Gasteiger partial charge is 0.385 e. The molecule has 0 bridgehead atoms. The van der Waals surface area contributed by atoms with Gasteiger partial charge in [-0.3, -0.25) is 4.79 Å². The summed E-state index contributed by atoms with van der Waals surface area (Å²) in [4.78, 5) is 11.4. The van der Waals surface area contributed by atoms with Gasteiger partial charge in [-0.1, -0.05) is 0 Å². The molecule has 1 aromatic carbocycles. The Labute approximate surface area is 100 Å². The fourth-order valence-corrected chi connectivity index (χ4v) is 1.21. The smallest absolute Gasteiger partial charge is 0.265 e. The SMILES string of the molecule is Cc1cc(C(=O)NCC(O)C(F)F)c(F)cc1F. The number of alkyl halides is 2. The first-order valence-corrected chi connectivity index (χ1v) is 5.03.